The van der Waals surface area contributed by atoms with Crippen LogP contribution in [0, 0.1) is 23.7 Å². The Hall–Kier alpha value is -0.292. The molecule has 0 aromatic rings. The van der Waals surface area contributed by atoms with Gasteiger partial charge in [-0.3, -0.25) is 0 Å². The lowest BCUT2D eigenvalue weighted by Crippen LogP contribution is -2.67. The third-order valence-corrected chi connectivity index (χ3v) is 32.0. The molecule has 0 aromatic carbocycles. The van der Waals surface area contributed by atoms with Crippen molar-refractivity contribution in [3.8, 4) is 0 Å². The van der Waals surface area contributed by atoms with Gasteiger partial charge in [0.1, 0.15) is 11.5 Å². The molecule has 9 rings (SSSR count). The number of ether oxygens (including phenoxy) is 4. The number of rotatable bonds is 12. The molecular weight excluding hydrogens is 673 g/mol. The predicted octanol–water partition coefficient (Wildman–Crippen LogP) is 8.44. The zero-order valence-electron chi connectivity index (χ0n) is 29.9. The minimum absolute atomic E-state index is 0.410. The zero-order valence-corrected chi connectivity index (χ0v) is 33.9. The van der Waals surface area contributed by atoms with E-state index in [9.17, 15) is 0 Å². The lowest BCUT2D eigenvalue weighted by atomic mass is 9.88. The molecular formula is C36H60O8Si4. The molecule has 8 nitrogen and oxygen atoms in total. The van der Waals surface area contributed by atoms with Gasteiger partial charge < -0.3 is 35.4 Å². The Morgan fingerprint density at radius 1 is 0.479 bits per heavy atom. The van der Waals surface area contributed by atoms with Gasteiger partial charge in [0, 0.05) is 0 Å². The maximum absolute atomic E-state index is 7.64. The van der Waals surface area contributed by atoms with Crippen LogP contribution >= 0.6 is 0 Å². The average molecular weight is 733 g/mol. The SMILES string of the molecule is C[Si]1(CCC2C=C3OC3CC2)O[Si](C)(CCC2C=C3OC3CC2)O[Si](C)(CCC2CCC3OC3C2)O[Si](C)(CCC2CCC3OC3C2)O1. The molecule has 0 amide bonds. The Bertz CT molecular complexity index is 1210. The molecule has 5 heterocycles. The Balaban J connectivity index is 0.953. The summed E-state index contributed by atoms with van der Waals surface area (Å²) in [6.45, 7) is 9.51. The molecule has 4 aliphatic carbocycles. The zero-order chi connectivity index (χ0) is 32.7. The summed E-state index contributed by atoms with van der Waals surface area (Å²) in [5.74, 6) is 5.00. The second-order valence-electron chi connectivity index (χ2n) is 17.9. The van der Waals surface area contributed by atoms with Gasteiger partial charge in [0.25, 0.3) is 0 Å². The van der Waals surface area contributed by atoms with Crippen LogP contribution in [-0.4, -0.2) is 70.9 Å². The molecule has 2 saturated carbocycles. The van der Waals surface area contributed by atoms with Crippen LogP contribution in [0.25, 0.3) is 0 Å². The number of epoxide rings is 4. The van der Waals surface area contributed by atoms with Crippen LogP contribution in [0.2, 0.25) is 50.4 Å². The van der Waals surface area contributed by atoms with Crippen LogP contribution in [0.5, 0.6) is 0 Å². The summed E-state index contributed by atoms with van der Waals surface area (Å²) in [6.07, 6.45) is 24.5. The highest BCUT2D eigenvalue weighted by Crippen LogP contribution is 2.47. The van der Waals surface area contributed by atoms with Gasteiger partial charge in [-0.25, -0.2) is 0 Å². The van der Waals surface area contributed by atoms with Crippen molar-refractivity contribution < 1.29 is 35.4 Å². The lowest BCUT2D eigenvalue weighted by Gasteiger charge is -2.51. The van der Waals surface area contributed by atoms with Crippen molar-refractivity contribution in [3.05, 3.63) is 23.7 Å². The van der Waals surface area contributed by atoms with E-state index < -0.39 is 34.2 Å². The van der Waals surface area contributed by atoms with E-state index in [0.29, 0.717) is 60.3 Å². The lowest BCUT2D eigenvalue weighted by molar-refractivity contribution is 0.213. The number of hydrogen-bond acceptors (Lipinski definition) is 8. The van der Waals surface area contributed by atoms with E-state index in [1.54, 1.807) is 0 Å². The highest BCUT2D eigenvalue weighted by atomic mass is 28.5. The maximum atomic E-state index is 7.64. The topological polar surface area (TPSA) is 87.0 Å². The number of fused-ring (bicyclic) bond motifs is 4. The Kier molecular flexibility index (Phi) is 8.86. The molecule has 14 atom stereocenters. The van der Waals surface area contributed by atoms with Gasteiger partial charge in [0.2, 0.25) is 0 Å². The van der Waals surface area contributed by atoms with Crippen molar-refractivity contribution in [1.82, 2.24) is 0 Å². The molecule has 0 aromatic heterocycles. The fourth-order valence-electron chi connectivity index (χ4n) is 10.4. The highest BCUT2D eigenvalue weighted by Gasteiger charge is 2.57. The Labute approximate surface area is 292 Å². The fourth-order valence-corrected chi connectivity index (χ4v) is 34.1. The quantitative estimate of drug-likeness (QED) is 0.146. The first-order valence-electron chi connectivity index (χ1n) is 19.9. The molecule has 14 unspecified atom stereocenters. The van der Waals surface area contributed by atoms with Gasteiger partial charge in [0.05, 0.1) is 24.4 Å². The van der Waals surface area contributed by atoms with Gasteiger partial charge in [-0.15, -0.1) is 0 Å². The predicted molar refractivity (Wildman–Crippen MR) is 192 cm³/mol. The molecule has 5 aliphatic heterocycles. The van der Waals surface area contributed by atoms with Gasteiger partial charge in [0.15, 0.2) is 12.2 Å². The third-order valence-electron chi connectivity index (χ3n) is 13.4. The summed E-state index contributed by atoms with van der Waals surface area (Å²) in [5.41, 5.74) is 0. The van der Waals surface area contributed by atoms with Crippen molar-refractivity contribution in [2.75, 3.05) is 0 Å². The van der Waals surface area contributed by atoms with Crippen LogP contribution in [0.1, 0.15) is 89.9 Å². The maximum Gasteiger partial charge on any atom is 0.317 e. The molecule has 7 fully saturated rings. The van der Waals surface area contributed by atoms with Crippen molar-refractivity contribution in [2.24, 2.45) is 23.7 Å². The van der Waals surface area contributed by atoms with Gasteiger partial charge >= 0.3 is 34.2 Å². The molecule has 0 radical (unpaired) electrons. The molecule has 268 valence electrons. The van der Waals surface area contributed by atoms with Gasteiger partial charge in [-0.05, 0) is 176 Å². The average Bonchev–Trinajstić information content (AvgIpc) is 3.85. The molecule has 48 heavy (non-hydrogen) atoms. The Morgan fingerprint density at radius 3 is 1.25 bits per heavy atom. The van der Waals surface area contributed by atoms with E-state index in [1.165, 1.54) is 75.7 Å². The van der Waals surface area contributed by atoms with Gasteiger partial charge in [-0.2, -0.15) is 0 Å². The van der Waals surface area contributed by atoms with E-state index >= 15 is 0 Å². The smallest absolute Gasteiger partial charge is 0.317 e. The van der Waals surface area contributed by atoms with Crippen LogP contribution in [0.15, 0.2) is 23.7 Å². The number of hydrogen-bond donors (Lipinski definition) is 0. The van der Waals surface area contributed by atoms with Crippen molar-refractivity contribution >= 4 is 34.2 Å². The molecule has 0 spiro atoms. The Morgan fingerprint density at radius 2 is 0.875 bits per heavy atom. The summed E-state index contributed by atoms with van der Waals surface area (Å²) in [7, 11) is -10.5. The molecule has 5 saturated heterocycles. The minimum Gasteiger partial charge on any atom is -0.483 e. The van der Waals surface area contributed by atoms with Crippen LogP contribution in [0.3, 0.4) is 0 Å². The standard InChI is InChI=1S/C36H60O8Si4/c1-45(17-13-25-5-9-29-33(21-25)37-29)41-46(2,18-14-26-6-10-30-34(22-26)38-30)43-48(4,20-16-28-8-12-32-36(24-28)40-32)44-47(3,42-45)19-15-27-7-11-31-35(23-27)39-31/h21-22,25-32,35-36H,5-20,23-24H2,1-4H3. The van der Waals surface area contributed by atoms with E-state index in [-0.39, 0.29) is 0 Å². The molecule has 0 N–H and O–H groups in total. The normalized spacial score (nSPS) is 51.6. The van der Waals surface area contributed by atoms with Crippen LogP contribution < -0.4 is 0 Å². The first-order valence-corrected chi connectivity index (χ1v) is 30.0. The second kappa shape index (κ2) is 12.7. The van der Waals surface area contributed by atoms with Gasteiger partial charge in [-0.1, -0.05) is 0 Å². The molecule has 0 bridgehead atoms. The van der Waals surface area contributed by atoms with Crippen LogP contribution in [-0.2, 0) is 35.4 Å². The van der Waals surface area contributed by atoms with Crippen molar-refractivity contribution in [1.29, 1.82) is 0 Å². The number of allylic oxidation sites excluding steroid dienone is 2. The monoisotopic (exact) mass is 732 g/mol. The summed E-state index contributed by atoms with van der Waals surface area (Å²) < 4.78 is 53.9. The molecule has 12 heteroatoms. The van der Waals surface area contributed by atoms with Crippen molar-refractivity contribution in [3.63, 3.8) is 0 Å². The summed E-state index contributed by atoms with van der Waals surface area (Å²) in [4.78, 5) is 0. The molecule has 9 aliphatic rings. The van der Waals surface area contributed by atoms with E-state index in [1.807, 2.05) is 0 Å². The first-order chi connectivity index (χ1) is 23.0. The first kappa shape index (κ1) is 33.5. The fraction of sp³-hybridized carbons (Fsp3) is 0.889. The summed E-state index contributed by atoms with van der Waals surface area (Å²) in [5, 5.41) is 0. The van der Waals surface area contributed by atoms with E-state index in [0.717, 1.165) is 49.9 Å². The summed E-state index contributed by atoms with van der Waals surface area (Å²) in [6, 6.07) is 4.06. The largest absolute Gasteiger partial charge is 0.483 e. The van der Waals surface area contributed by atoms with Crippen molar-refractivity contribution in [2.45, 2.75) is 177 Å². The van der Waals surface area contributed by atoms with Crippen LogP contribution in [0.4, 0.5) is 0 Å². The third kappa shape index (κ3) is 7.88. The minimum atomic E-state index is -2.64. The summed E-state index contributed by atoms with van der Waals surface area (Å²) >= 11 is 0. The highest BCUT2D eigenvalue weighted by molar-refractivity contribution is 6.93. The van der Waals surface area contributed by atoms with E-state index in [4.69, 9.17) is 35.4 Å². The second-order valence-corrected chi connectivity index (χ2v) is 32.2. The van der Waals surface area contributed by atoms with E-state index in [2.05, 4.69) is 38.3 Å².